The van der Waals surface area contributed by atoms with Crippen molar-refractivity contribution in [3.05, 3.63) is 69.1 Å². The van der Waals surface area contributed by atoms with Crippen molar-refractivity contribution in [2.45, 2.75) is 44.8 Å². The predicted molar refractivity (Wildman–Crippen MR) is 136 cm³/mol. The van der Waals surface area contributed by atoms with Crippen LogP contribution in [-0.2, 0) is 19.6 Å². The molecule has 8 heteroatoms. The van der Waals surface area contributed by atoms with Gasteiger partial charge in [-0.15, -0.1) is 24.8 Å². The molecule has 2 aromatic rings. The second-order valence-corrected chi connectivity index (χ2v) is 9.46. The number of pyridine rings is 1. The van der Waals surface area contributed by atoms with Gasteiger partial charge in [0.15, 0.2) is 0 Å². The Balaban J connectivity index is 0.00000153. The lowest BCUT2D eigenvalue weighted by atomic mass is 9.84. The minimum absolute atomic E-state index is 0. The molecule has 3 aliphatic heterocycles. The van der Waals surface area contributed by atoms with Gasteiger partial charge >= 0.3 is 0 Å². The van der Waals surface area contributed by atoms with E-state index in [0.717, 1.165) is 50.4 Å². The molecule has 1 aromatic heterocycles. The first-order valence-corrected chi connectivity index (χ1v) is 11.6. The number of rotatable bonds is 5. The van der Waals surface area contributed by atoms with E-state index in [9.17, 15) is 9.59 Å². The van der Waals surface area contributed by atoms with E-state index >= 15 is 0 Å². The SMILES string of the molecule is CN(Cc1ccccc1CN1CCCC1)C(=O)c1ccc2n(c1=O)C[C@@H]1CNC[C@H]2C1.Cl.Cl. The fraction of sp³-hybridized carbons (Fsp3) is 0.520. The molecule has 6 nitrogen and oxygen atoms in total. The number of carbonyl (C=O) groups excluding carboxylic acids is 1. The summed E-state index contributed by atoms with van der Waals surface area (Å²) in [5, 5.41) is 3.47. The van der Waals surface area contributed by atoms with E-state index in [1.165, 1.54) is 18.4 Å². The van der Waals surface area contributed by atoms with Crippen LogP contribution >= 0.6 is 24.8 Å². The Bertz CT molecular complexity index is 1040. The maximum atomic E-state index is 13.2. The van der Waals surface area contributed by atoms with Gasteiger partial charge < -0.3 is 14.8 Å². The molecular weight excluding hydrogens is 459 g/mol. The van der Waals surface area contributed by atoms with Gasteiger partial charge in [-0.05, 0) is 68.1 Å². The third kappa shape index (κ3) is 5.29. The quantitative estimate of drug-likeness (QED) is 0.695. The number of carbonyl (C=O) groups is 1. The highest BCUT2D eigenvalue weighted by molar-refractivity contribution is 5.93. The number of hydrogen-bond acceptors (Lipinski definition) is 4. The maximum absolute atomic E-state index is 13.2. The Labute approximate surface area is 208 Å². The van der Waals surface area contributed by atoms with Gasteiger partial charge in [-0.3, -0.25) is 14.5 Å². The molecule has 1 N–H and O–H groups in total. The van der Waals surface area contributed by atoms with Crippen molar-refractivity contribution in [1.29, 1.82) is 0 Å². The summed E-state index contributed by atoms with van der Waals surface area (Å²) < 4.78 is 1.86. The normalized spacial score (nSPS) is 21.5. The molecule has 1 aromatic carbocycles. The topological polar surface area (TPSA) is 57.6 Å². The zero-order valence-corrected chi connectivity index (χ0v) is 20.8. The molecule has 2 saturated heterocycles. The van der Waals surface area contributed by atoms with Crippen LogP contribution in [0.5, 0.6) is 0 Å². The maximum Gasteiger partial charge on any atom is 0.263 e. The first-order chi connectivity index (χ1) is 15.1. The summed E-state index contributed by atoms with van der Waals surface area (Å²) in [6.07, 6.45) is 3.66. The summed E-state index contributed by atoms with van der Waals surface area (Å²) in [5.41, 5.74) is 3.66. The minimum atomic E-state index is -0.190. The van der Waals surface area contributed by atoms with Crippen molar-refractivity contribution in [2.24, 2.45) is 5.92 Å². The van der Waals surface area contributed by atoms with Crippen molar-refractivity contribution in [3.63, 3.8) is 0 Å². The average molecular weight is 493 g/mol. The van der Waals surface area contributed by atoms with Crippen LogP contribution in [0, 0.1) is 5.92 Å². The van der Waals surface area contributed by atoms with Crippen LogP contribution in [-0.4, -0.2) is 53.5 Å². The molecule has 2 bridgehead atoms. The first kappa shape index (κ1) is 25.8. The van der Waals surface area contributed by atoms with Gasteiger partial charge in [-0.25, -0.2) is 0 Å². The molecule has 5 rings (SSSR count). The van der Waals surface area contributed by atoms with E-state index in [4.69, 9.17) is 0 Å². The van der Waals surface area contributed by atoms with Gasteiger partial charge in [0.2, 0.25) is 0 Å². The highest BCUT2D eigenvalue weighted by Crippen LogP contribution is 2.31. The summed E-state index contributed by atoms with van der Waals surface area (Å²) in [7, 11) is 1.80. The molecule has 0 radical (unpaired) electrons. The second-order valence-electron chi connectivity index (χ2n) is 9.46. The van der Waals surface area contributed by atoms with Gasteiger partial charge in [0.05, 0.1) is 0 Å². The van der Waals surface area contributed by atoms with E-state index < -0.39 is 0 Å². The minimum Gasteiger partial charge on any atom is -0.337 e. The van der Waals surface area contributed by atoms with E-state index in [0.29, 0.717) is 24.9 Å². The monoisotopic (exact) mass is 492 g/mol. The number of benzene rings is 1. The average Bonchev–Trinajstić information content (AvgIpc) is 3.29. The molecule has 0 aliphatic carbocycles. The molecule has 1 amide bonds. The molecule has 180 valence electrons. The van der Waals surface area contributed by atoms with E-state index in [-0.39, 0.29) is 41.8 Å². The number of fused-ring (bicyclic) bond motifs is 4. The number of amides is 1. The van der Waals surface area contributed by atoms with Crippen LogP contribution in [0.1, 0.15) is 52.4 Å². The zero-order valence-electron chi connectivity index (χ0n) is 19.2. The second kappa shape index (κ2) is 11.0. The van der Waals surface area contributed by atoms with Gasteiger partial charge in [-0.1, -0.05) is 24.3 Å². The molecule has 2 fully saturated rings. The molecular formula is C25H34Cl2N4O2. The summed E-state index contributed by atoms with van der Waals surface area (Å²) in [5.74, 6) is 0.661. The third-order valence-corrected chi connectivity index (χ3v) is 7.20. The largest absolute Gasteiger partial charge is 0.337 e. The van der Waals surface area contributed by atoms with Gasteiger partial charge in [-0.2, -0.15) is 0 Å². The van der Waals surface area contributed by atoms with Crippen LogP contribution < -0.4 is 10.9 Å². The van der Waals surface area contributed by atoms with Crippen molar-refractivity contribution >= 4 is 30.7 Å². The van der Waals surface area contributed by atoms with E-state index in [2.05, 4.69) is 28.4 Å². The number of nitrogens with one attached hydrogen (secondary N) is 1. The molecule has 0 spiro atoms. The molecule has 4 heterocycles. The molecule has 33 heavy (non-hydrogen) atoms. The summed E-state index contributed by atoms with van der Waals surface area (Å²) in [4.78, 5) is 30.6. The predicted octanol–water partition coefficient (Wildman–Crippen LogP) is 3.27. The van der Waals surface area contributed by atoms with Crippen molar-refractivity contribution in [2.75, 3.05) is 33.2 Å². The number of nitrogens with zero attached hydrogens (tertiary/aromatic N) is 3. The fourth-order valence-electron chi connectivity index (χ4n) is 5.53. The van der Waals surface area contributed by atoms with Crippen LogP contribution in [0.3, 0.4) is 0 Å². The smallest absolute Gasteiger partial charge is 0.263 e. The Hall–Kier alpha value is -1.86. The lowest BCUT2D eigenvalue weighted by Gasteiger charge is -2.37. The van der Waals surface area contributed by atoms with Crippen LogP contribution in [0.4, 0.5) is 0 Å². The van der Waals surface area contributed by atoms with Crippen molar-refractivity contribution in [3.8, 4) is 0 Å². The van der Waals surface area contributed by atoms with Crippen LogP contribution in [0.15, 0.2) is 41.2 Å². The van der Waals surface area contributed by atoms with Gasteiger partial charge in [0, 0.05) is 44.8 Å². The van der Waals surface area contributed by atoms with E-state index in [1.807, 2.05) is 16.7 Å². The first-order valence-electron chi connectivity index (χ1n) is 11.6. The number of likely N-dealkylation sites (tertiary alicyclic amines) is 1. The van der Waals surface area contributed by atoms with Gasteiger partial charge in [0.1, 0.15) is 5.56 Å². The number of aromatic nitrogens is 1. The zero-order chi connectivity index (χ0) is 21.4. The Morgan fingerprint density at radius 2 is 1.79 bits per heavy atom. The summed E-state index contributed by atoms with van der Waals surface area (Å²) in [6, 6.07) is 12.1. The van der Waals surface area contributed by atoms with Crippen LogP contribution in [0.25, 0.3) is 0 Å². The van der Waals surface area contributed by atoms with Gasteiger partial charge in [0.25, 0.3) is 11.5 Å². The van der Waals surface area contributed by atoms with Crippen molar-refractivity contribution in [1.82, 2.24) is 19.7 Å². The standard InChI is InChI=1S/C25H32N4O2.2ClH/c1-27(16-19-6-2-3-7-20(19)17-28-10-4-5-11-28)24(30)22-8-9-23-21-12-18(13-26-14-21)15-29(23)25(22)31;;/h2-3,6-9,18,21,26H,4-5,10-17H2,1H3;2*1H/t18-,21+;;/m0../s1. The highest BCUT2D eigenvalue weighted by Gasteiger charge is 2.32. The molecule has 0 saturated carbocycles. The Morgan fingerprint density at radius 3 is 2.55 bits per heavy atom. The fourth-order valence-corrected chi connectivity index (χ4v) is 5.53. The molecule has 2 atom stereocenters. The van der Waals surface area contributed by atoms with E-state index in [1.54, 1.807) is 18.0 Å². The Morgan fingerprint density at radius 1 is 1.06 bits per heavy atom. The molecule has 3 aliphatic rings. The number of hydrogen-bond donors (Lipinski definition) is 1. The number of piperidine rings is 1. The molecule has 0 unspecified atom stereocenters. The summed E-state index contributed by atoms with van der Waals surface area (Å²) in [6.45, 7) is 6.31. The number of halogens is 2. The highest BCUT2D eigenvalue weighted by atomic mass is 35.5. The van der Waals surface area contributed by atoms with Crippen LogP contribution in [0.2, 0.25) is 0 Å². The lowest BCUT2D eigenvalue weighted by Crippen LogP contribution is -2.46. The van der Waals surface area contributed by atoms with Crippen molar-refractivity contribution < 1.29 is 4.79 Å². The lowest BCUT2D eigenvalue weighted by molar-refractivity contribution is 0.0781. The Kier molecular flexibility index (Phi) is 8.62. The third-order valence-electron chi connectivity index (χ3n) is 7.20. The summed E-state index contributed by atoms with van der Waals surface area (Å²) >= 11 is 0.